The van der Waals surface area contributed by atoms with Gasteiger partial charge in [-0.2, -0.15) is 5.10 Å². The number of fused-ring (bicyclic) bond motifs is 1. The Hall–Kier alpha value is -2.40. The molecule has 0 saturated carbocycles. The fourth-order valence-electron chi connectivity index (χ4n) is 3.11. The standard InChI is InChI=1S/C20H20BrN3O/c1-13(2)24-14(3)17(15-8-5-7-11-19(15)24)12-22-23-20(25)16-9-4-6-10-18(16)21/h4-13H,1-3H3,(H,23,25)/b22-12-. The Bertz CT molecular complexity index is 957. The minimum absolute atomic E-state index is 0.242. The van der Waals surface area contributed by atoms with Crippen molar-refractivity contribution in [3.63, 3.8) is 0 Å². The highest BCUT2D eigenvalue weighted by Gasteiger charge is 2.14. The predicted molar refractivity (Wildman–Crippen MR) is 106 cm³/mol. The highest BCUT2D eigenvalue weighted by atomic mass is 79.9. The fraction of sp³-hybridized carbons (Fsp3) is 0.200. The number of hydrogen-bond acceptors (Lipinski definition) is 2. The van der Waals surface area contributed by atoms with Gasteiger partial charge in [0.25, 0.3) is 5.91 Å². The van der Waals surface area contributed by atoms with Crippen molar-refractivity contribution >= 4 is 39.0 Å². The molecule has 1 aromatic heterocycles. The summed E-state index contributed by atoms with van der Waals surface area (Å²) in [6.07, 6.45) is 1.73. The quantitative estimate of drug-likeness (QED) is 0.485. The molecule has 0 aliphatic heterocycles. The van der Waals surface area contributed by atoms with Crippen LogP contribution in [0.5, 0.6) is 0 Å². The molecule has 1 amide bonds. The van der Waals surface area contributed by atoms with Crippen LogP contribution >= 0.6 is 15.9 Å². The van der Waals surface area contributed by atoms with Gasteiger partial charge in [0.1, 0.15) is 0 Å². The largest absolute Gasteiger partial charge is 0.342 e. The lowest BCUT2D eigenvalue weighted by Crippen LogP contribution is -2.18. The van der Waals surface area contributed by atoms with Gasteiger partial charge >= 0.3 is 0 Å². The van der Waals surface area contributed by atoms with Gasteiger partial charge in [-0.1, -0.05) is 30.3 Å². The van der Waals surface area contributed by atoms with Gasteiger partial charge in [-0.3, -0.25) is 4.79 Å². The van der Waals surface area contributed by atoms with Crippen molar-refractivity contribution in [1.29, 1.82) is 0 Å². The molecular weight excluding hydrogens is 378 g/mol. The first-order chi connectivity index (χ1) is 12.0. The number of nitrogens with one attached hydrogen (secondary N) is 1. The first-order valence-electron chi connectivity index (χ1n) is 8.18. The third-order valence-corrected chi connectivity index (χ3v) is 4.89. The molecule has 0 aliphatic carbocycles. The second-order valence-corrected chi connectivity index (χ2v) is 7.01. The number of halogens is 1. The zero-order valence-electron chi connectivity index (χ0n) is 14.5. The van der Waals surface area contributed by atoms with Crippen molar-refractivity contribution in [3.05, 3.63) is 69.8 Å². The SMILES string of the molecule is Cc1c(/C=N\NC(=O)c2ccccc2Br)c2ccccc2n1C(C)C. The molecule has 0 atom stereocenters. The van der Waals surface area contributed by atoms with Gasteiger partial charge < -0.3 is 4.57 Å². The Labute approximate surface area is 155 Å². The number of aromatic nitrogens is 1. The van der Waals surface area contributed by atoms with Crippen molar-refractivity contribution < 1.29 is 4.79 Å². The highest BCUT2D eigenvalue weighted by molar-refractivity contribution is 9.10. The van der Waals surface area contributed by atoms with E-state index in [0.29, 0.717) is 11.6 Å². The molecular formula is C20H20BrN3O. The molecule has 2 aromatic carbocycles. The number of hydrogen-bond donors (Lipinski definition) is 1. The molecule has 0 spiro atoms. The molecule has 1 heterocycles. The molecule has 0 saturated heterocycles. The molecule has 3 aromatic rings. The minimum Gasteiger partial charge on any atom is -0.342 e. The van der Waals surface area contributed by atoms with E-state index in [2.05, 4.69) is 63.9 Å². The summed E-state index contributed by atoms with van der Waals surface area (Å²) in [6.45, 7) is 6.40. The van der Waals surface area contributed by atoms with E-state index in [9.17, 15) is 4.79 Å². The Morgan fingerprint density at radius 1 is 1.16 bits per heavy atom. The van der Waals surface area contributed by atoms with Gasteiger partial charge in [0.05, 0.1) is 11.8 Å². The topological polar surface area (TPSA) is 46.4 Å². The number of amides is 1. The van der Waals surface area contributed by atoms with Gasteiger partial charge in [-0.25, -0.2) is 5.43 Å². The van der Waals surface area contributed by atoms with E-state index in [1.165, 1.54) is 5.52 Å². The maximum absolute atomic E-state index is 12.3. The van der Waals surface area contributed by atoms with E-state index in [0.717, 1.165) is 21.1 Å². The van der Waals surface area contributed by atoms with Crippen LogP contribution in [0.2, 0.25) is 0 Å². The van der Waals surface area contributed by atoms with Gasteiger partial charge in [-0.15, -0.1) is 0 Å². The second-order valence-electron chi connectivity index (χ2n) is 6.16. The van der Waals surface area contributed by atoms with Crippen molar-refractivity contribution in [2.24, 2.45) is 5.10 Å². The zero-order valence-corrected chi connectivity index (χ0v) is 16.0. The molecule has 25 heavy (non-hydrogen) atoms. The summed E-state index contributed by atoms with van der Waals surface area (Å²) < 4.78 is 3.03. The van der Waals surface area contributed by atoms with Crippen LogP contribution in [-0.2, 0) is 0 Å². The van der Waals surface area contributed by atoms with Crippen molar-refractivity contribution in [3.8, 4) is 0 Å². The third kappa shape index (κ3) is 3.37. The molecule has 128 valence electrons. The summed E-state index contributed by atoms with van der Waals surface area (Å²) in [5.41, 5.74) is 6.50. The Kier molecular flexibility index (Phi) is 5.04. The van der Waals surface area contributed by atoms with Crippen LogP contribution in [0, 0.1) is 6.92 Å². The van der Waals surface area contributed by atoms with Crippen LogP contribution in [0.15, 0.2) is 58.1 Å². The first kappa shape index (κ1) is 17.4. The number of hydrazone groups is 1. The van der Waals surface area contributed by atoms with Crippen molar-refractivity contribution in [2.75, 3.05) is 0 Å². The number of benzene rings is 2. The summed E-state index contributed by atoms with van der Waals surface area (Å²) in [5, 5.41) is 5.32. The molecule has 0 bridgehead atoms. The zero-order chi connectivity index (χ0) is 18.0. The fourth-order valence-corrected chi connectivity index (χ4v) is 3.57. The summed E-state index contributed by atoms with van der Waals surface area (Å²) >= 11 is 3.38. The second kappa shape index (κ2) is 7.23. The van der Waals surface area contributed by atoms with Crippen molar-refractivity contribution in [1.82, 2.24) is 9.99 Å². The lowest BCUT2D eigenvalue weighted by atomic mass is 10.1. The average Bonchev–Trinajstić information content (AvgIpc) is 2.87. The molecule has 5 heteroatoms. The third-order valence-electron chi connectivity index (χ3n) is 4.20. The smallest absolute Gasteiger partial charge is 0.272 e. The normalized spacial score (nSPS) is 11.6. The molecule has 0 radical (unpaired) electrons. The summed E-state index contributed by atoms with van der Waals surface area (Å²) in [6, 6.07) is 15.9. The Morgan fingerprint density at radius 3 is 2.56 bits per heavy atom. The number of rotatable bonds is 4. The lowest BCUT2D eigenvalue weighted by molar-refractivity contribution is 0.0954. The summed E-state index contributed by atoms with van der Waals surface area (Å²) in [5.74, 6) is -0.242. The monoisotopic (exact) mass is 397 g/mol. The van der Waals surface area contributed by atoms with Gasteiger partial charge in [0.2, 0.25) is 0 Å². The first-order valence-corrected chi connectivity index (χ1v) is 8.97. The van der Waals surface area contributed by atoms with Crippen LogP contribution in [0.1, 0.15) is 41.5 Å². The average molecular weight is 398 g/mol. The molecule has 0 unspecified atom stereocenters. The summed E-state index contributed by atoms with van der Waals surface area (Å²) in [4.78, 5) is 12.3. The Balaban J connectivity index is 1.91. The predicted octanol–water partition coefficient (Wildman–Crippen LogP) is 5.06. The maximum atomic E-state index is 12.3. The molecule has 1 N–H and O–H groups in total. The molecule has 0 fully saturated rings. The van der Waals surface area contributed by atoms with Crippen molar-refractivity contribution in [2.45, 2.75) is 26.8 Å². The van der Waals surface area contributed by atoms with E-state index in [1.807, 2.05) is 30.3 Å². The van der Waals surface area contributed by atoms with E-state index in [-0.39, 0.29) is 5.91 Å². The number of carbonyl (C=O) groups is 1. The van der Waals surface area contributed by atoms with Crippen LogP contribution in [0.25, 0.3) is 10.9 Å². The van der Waals surface area contributed by atoms with Crippen LogP contribution in [0.4, 0.5) is 0 Å². The van der Waals surface area contributed by atoms with Gasteiger partial charge in [0, 0.05) is 32.7 Å². The van der Waals surface area contributed by atoms with Crippen LogP contribution < -0.4 is 5.43 Å². The van der Waals surface area contributed by atoms with Crippen LogP contribution in [0.3, 0.4) is 0 Å². The van der Waals surface area contributed by atoms with E-state index < -0.39 is 0 Å². The number of nitrogens with zero attached hydrogens (tertiary/aromatic N) is 2. The van der Waals surface area contributed by atoms with Gasteiger partial charge in [-0.05, 0) is 54.9 Å². The number of para-hydroxylation sites is 1. The minimum atomic E-state index is -0.242. The number of carbonyl (C=O) groups excluding carboxylic acids is 1. The van der Waals surface area contributed by atoms with E-state index in [4.69, 9.17) is 0 Å². The van der Waals surface area contributed by atoms with Crippen LogP contribution in [-0.4, -0.2) is 16.7 Å². The Morgan fingerprint density at radius 2 is 1.84 bits per heavy atom. The molecule has 4 nitrogen and oxygen atoms in total. The molecule has 0 aliphatic rings. The summed E-state index contributed by atoms with van der Waals surface area (Å²) in [7, 11) is 0. The lowest BCUT2D eigenvalue weighted by Gasteiger charge is -2.12. The van der Waals surface area contributed by atoms with E-state index >= 15 is 0 Å². The molecule has 3 rings (SSSR count). The van der Waals surface area contributed by atoms with Gasteiger partial charge in [0.15, 0.2) is 0 Å². The van der Waals surface area contributed by atoms with E-state index in [1.54, 1.807) is 12.3 Å². The highest BCUT2D eigenvalue weighted by Crippen LogP contribution is 2.27. The maximum Gasteiger partial charge on any atom is 0.272 e.